The molecule has 0 bridgehead atoms. The third kappa shape index (κ3) is 11.7. The number of amides is 3. The fourth-order valence-electron chi connectivity index (χ4n) is 3.30. The summed E-state index contributed by atoms with van der Waals surface area (Å²) in [5.74, 6) is -7.67. The second-order valence-corrected chi connectivity index (χ2v) is 8.48. The number of carbonyl (C=O) groups excluding carboxylic acids is 3. The number of aliphatic carboxylic acids is 3. The van der Waals surface area contributed by atoms with Gasteiger partial charge >= 0.3 is 17.9 Å². The zero-order valence-corrected chi connectivity index (χ0v) is 20.5. The maximum Gasteiger partial charge on any atom is 0.326 e. The zero-order valence-electron chi connectivity index (χ0n) is 20.5. The largest absolute Gasteiger partial charge is 0.508 e. The number of hydrogen-bond acceptors (Lipinski definition) is 9. The minimum atomic E-state index is -1.80. The highest BCUT2D eigenvalue weighted by Crippen LogP contribution is 2.12. The number of phenolic OH excluding ortho intramolecular Hbond substituents is 1. The van der Waals surface area contributed by atoms with Crippen LogP contribution in [0, 0.1) is 0 Å². The second-order valence-electron chi connectivity index (χ2n) is 8.48. The smallest absolute Gasteiger partial charge is 0.326 e. The van der Waals surface area contributed by atoms with E-state index in [0.717, 1.165) is 0 Å². The van der Waals surface area contributed by atoms with E-state index < -0.39 is 72.6 Å². The van der Waals surface area contributed by atoms with Crippen LogP contribution in [0.3, 0.4) is 0 Å². The summed E-state index contributed by atoms with van der Waals surface area (Å²) in [6.07, 6.45) is -0.768. The summed E-state index contributed by atoms with van der Waals surface area (Å²) < 4.78 is 0. The van der Waals surface area contributed by atoms with Crippen molar-refractivity contribution in [2.45, 2.75) is 62.7 Å². The quantitative estimate of drug-likeness (QED) is 0.0961. The zero-order chi connectivity index (χ0) is 28.8. The van der Waals surface area contributed by atoms with Gasteiger partial charge in [0.2, 0.25) is 17.7 Å². The van der Waals surface area contributed by atoms with Crippen LogP contribution >= 0.6 is 0 Å². The average molecular weight is 540 g/mol. The van der Waals surface area contributed by atoms with Gasteiger partial charge in [-0.1, -0.05) is 18.6 Å². The van der Waals surface area contributed by atoms with Gasteiger partial charge in [-0.05, 0) is 37.1 Å². The molecule has 0 spiro atoms. The lowest BCUT2D eigenvalue weighted by molar-refractivity contribution is -0.145. The number of carboxylic acids is 3. The molecule has 15 heteroatoms. The molecule has 0 saturated heterocycles. The van der Waals surface area contributed by atoms with Gasteiger partial charge in [0.1, 0.15) is 23.9 Å². The van der Waals surface area contributed by atoms with E-state index in [0.29, 0.717) is 24.9 Å². The van der Waals surface area contributed by atoms with Gasteiger partial charge in [-0.25, -0.2) is 4.79 Å². The molecule has 3 amide bonds. The van der Waals surface area contributed by atoms with Crippen LogP contribution in [0.1, 0.15) is 37.7 Å². The number of phenols is 1. The summed E-state index contributed by atoms with van der Waals surface area (Å²) in [7, 11) is 0. The Morgan fingerprint density at radius 2 is 1.21 bits per heavy atom. The Labute approximate surface area is 217 Å². The standard InChI is InChI=1S/C23H33N5O10/c24-8-2-1-3-14(25)20(34)26-15(10-18(30)31)21(35)27-16(11-19(32)33)22(36)28-17(23(37)38)9-12-4-6-13(29)7-5-12/h4-7,14-17,29H,1-3,8-11,24-25H2,(H,26,34)(H,27,35)(H,28,36)(H,30,31)(H,32,33)(H,37,38). The van der Waals surface area contributed by atoms with Crippen LogP contribution in [0.5, 0.6) is 5.75 Å². The number of carbonyl (C=O) groups is 6. The Bertz CT molecular complexity index is 1000. The molecule has 38 heavy (non-hydrogen) atoms. The molecule has 0 aliphatic carbocycles. The molecule has 1 aromatic carbocycles. The highest BCUT2D eigenvalue weighted by molar-refractivity contribution is 5.96. The summed E-state index contributed by atoms with van der Waals surface area (Å²) in [6.45, 7) is 0.378. The average Bonchev–Trinajstić information content (AvgIpc) is 2.83. The van der Waals surface area contributed by atoms with E-state index in [1.165, 1.54) is 24.3 Å². The highest BCUT2D eigenvalue weighted by Gasteiger charge is 2.32. The predicted octanol–water partition coefficient (Wildman–Crippen LogP) is -2.12. The van der Waals surface area contributed by atoms with Crippen molar-refractivity contribution in [1.29, 1.82) is 0 Å². The van der Waals surface area contributed by atoms with Crippen LogP contribution in [0.2, 0.25) is 0 Å². The molecule has 4 atom stereocenters. The van der Waals surface area contributed by atoms with Crippen molar-refractivity contribution in [2.75, 3.05) is 6.54 Å². The minimum Gasteiger partial charge on any atom is -0.508 e. The molecule has 15 nitrogen and oxygen atoms in total. The first-order chi connectivity index (χ1) is 17.8. The number of carboxylic acid groups (broad SMARTS) is 3. The number of nitrogens with one attached hydrogen (secondary N) is 3. The first-order valence-corrected chi connectivity index (χ1v) is 11.6. The SMILES string of the molecule is NCCCCC(N)C(=O)NC(CC(=O)O)C(=O)NC(CC(=O)O)C(=O)NC(Cc1ccc(O)cc1)C(=O)O. The first-order valence-electron chi connectivity index (χ1n) is 11.6. The van der Waals surface area contributed by atoms with E-state index >= 15 is 0 Å². The predicted molar refractivity (Wildman–Crippen MR) is 131 cm³/mol. The molecule has 0 radical (unpaired) electrons. The second kappa shape index (κ2) is 15.8. The Kier molecular flexibility index (Phi) is 13.2. The van der Waals surface area contributed by atoms with Gasteiger partial charge in [0.25, 0.3) is 0 Å². The van der Waals surface area contributed by atoms with E-state index in [2.05, 4.69) is 16.0 Å². The summed E-state index contributed by atoms with van der Waals surface area (Å²) in [5, 5.41) is 43.6. The fourth-order valence-corrected chi connectivity index (χ4v) is 3.30. The monoisotopic (exact) mass is 539 g/mol. The lowest BCUT2D eigenvalue weighted by atomic mass is 10.0. The molecule has 1 aromatic rings. The summed E-state index contributed by atoms with van der Waals surface area (Å²) in [4.78, 5) is 72.2. The Morgan fingerprint density at radius 3 is 1.66 bits per heavy atom. The van der Waals surface area contributed by atoms with Crippen molar-refractivity contribution in [2.24, 2.45) is 11.5 Å². The Balaban J connectivity index is 2.99. The van der Waals surface area contributed by atoms with Gasteiger partial charge in [-0.2, -0.15) is 0 Å². The molecule has 4 unspecified atom stereocenters. The molecular formula is C23H33N5O10. The molecule has 0 aliphatic heterocycles. The van der Waals surface area contributed by atoms with E-state index in [-0.39, 0.29) is 18.6 Å². The molecule has 0 fully saturated rings. The van der Waals surface area contributed by atoms with Crippen molar-refractivity contribution in [3.8, 4) is 5.75 Å². The van der Waals surface area contributed by atoms with Gasteiger partial charge in [0.05, 0.1) is 18.9 Å². The number of nitrogens with two attached hydrogens (primary N) is 2. The van der Waals surface area contributed by atoms with Crippen molar-refractivity contribution >= 4 is 35.6 Å². The maximum atomic E-state index is 12.8. The van der Waals surface area contributed by atoms with Crippen LogP contribution in [0.25, 0.3) is 0 Å². The van der Waals surface area contributed by atoms with Gasteiger partial charge in [0, 0.05) is 6.42 Å². The van der Waals surface area contributed by atoms with E-state index in [1.807, 2.05) is 0 Å². The van der Waals surface area contributed by atoms with E-state index in [9.17, 15) is 44.1 Å². The molecule has 0 aliphatic rings. The van der Waals surface area contributed by atoms with Crippen LogP contribution in [0.4, 0.5) is 0 Å². The van der Waals surface area contributed by atoms with Gasteiger partial charge in [-0.15, -0.1) is 0 Å². The summed E-state index contributed by atoms with van der Waals surface area (Å²) in [5.41, 5.74) is 11.6. The van der Waals surface area contributed by atoms with Gasteiger partial charge < -0.3 is 47.8 Å². The van der Waals surface area contributed by atoms with Crippen molar-refractivity contribution in [3.05, 3.63) is 29.8 Å². The fraction of sp³-hybridized carbons (Fsp3) is 0.478. The van der Waals surface area contributed by atoms with Crippen LogP contribution in [-0.4, -0.2) is 86.8 Å². The number of hydrogen-bond donors (Lipinski definition) is 9. The maximum absolute atomic E-state index is 12.8. The third-order valence-corrected chi connectivity index (χ3v) is 5.32. The van der Waals surface area contributed by atoms with Crippen molar-refractivity contribution in [3.63, 3.8) is 0 Å². The van der Waals surface area contributed by atoms with Crippen LogP contribution < -0.4 is 27.4 Å². The molecule has 1 rings (SSSR count). The van der Waals surface area contributed by atoms with Crippen LogP contribution in [0.15, 0.2) is 24.3 Å². The molecule has 11 N–H and O–H groups in total. The number of benzene rings is 1. The number of aromatic hydroxyl groups is 1. The first kappa shape index (κ1) is 31.8. The minimum absolute atomic E-state index is 0.0617. The highest BCUT2D eigenvalue weighted by atomic mass is 16.4. The number of unbranched alkanes of at least 4 members (excludes halogenated alkanes) is 1. The van der Waals surface area contributed by atoms with E-state index in [1.54, 1.807) is 0 Å². The lowest BCUT2D eigenvalue weighted by Crippen LogP contribution is -2.58. The summed E-state index contributed by atoms with van der Waals surface area (Å²) in [6, 6.07) is -0.622. The molecular weight excluding hydrogens is 506 g/mol. The van der Waals surface area contributed by atoms with Crippen molar-refractivity contribution < 1.29 is 49.2 Å². The third-order valence-electron chi connectivity index (χ3n) is 5.32. The Hall–Kier alpha value is -4.24. The van der Waals surface area contributed by atoms with Gasteiger partial charge in [0.15, 0.2) is 0 Å². The lowest BCUT2D eigenvalue weighted by Gasteiger charge is -2.24. The van der Waals surface area contributed by atoms with Crippen molar-refractivity contribution in [1.82, 2.24) is 16.0 Å². The normalized spacial score (nSPS) is 13.8. The molecule has 0 heterocycles. The molecule has 210 valence electrons. The van der Waals surface area contributed by atoms with Crippen LogP contribution in [-0.2, 0) is 35.2 Å². The number of rotatable bonds is 17. The Morgan fingerprint density at radius 1 is 0.737 bits per heavy atom. The molecule has 0 aromatic heterocycles. The topological polar surface area (TPSA) is 271 Å². The van der Waals surface area contributed by atoms with Gasteiger partial charge in [-0.3, -0.25) is 24.0 Å². The van der Waals surface area contributed by atoms with E-state index in [4.69, 9.17) is 16.6 Å². The summed E-state index contributed by atoms with van der Waals surface area (Å²) >= 11 is 0. The molecule has 0 saturated carbocycles.